The third-order valence-electron chi connectivity index (χ3n) is 3.24. The topological polar surface area (TPSA) is 37.3 Å². The highest BCUT2D eigenvalue weighted by atomic mass is 16.4. The first kappa shape index (κ1) is 10.6. The molecule has 0 amide bonds. The Morgan fingerprint density at radius 2 is 2.00 bits per heavy atom. The summed E-state index contributed by atoms with van der Waals surface area (Å²) in [5, 5.41) is 8.80. The molecule has 0 radical (unpaired) electrons. The van der Waals surface area contributed by atoms with Crippen molar-refractivity contribution in [3.63, 3.8) is 0 Å². The van der Waals surface area contributed by atoms with Gasteiger partial charge in [0.1, 0.15) is 0 Å². The highest BCUT2D eigenvalue weighted by Crippen LogP contribution is 2.49. The zero-order valence-corrected chi connectivity index (χ0v) is 8.62. The predicted molar refractivity (Wildman–Crippen MR) is 52.5 cm³/mol. The first-order valence-corrected chi connectivity index (χ1v) is 5.41. The summed E-state index contributed by atoms with van der Waals surface area (Å²) in [5.41, 5.74) is 0. The van der Waals surface area contributed by atoms with Crippen LogP contribution in [0.3, 0.4) is 0 Å². The molecule has 0 aromatic heterocycles. The summed E-state index contributed by atoms with van der Waals surface area (Å²) in [5.74, 6) is 0.295. The molecule has 2 heteroatoms. The van der Waals surface area contributed by atoms with Crippen molar-refractivity contribution >= 4 is 5.97 Å². The van der Waals surface area contributed by atoms with E-state index in [2.05, 4.69) is 13.8 Å². The van der Waals surface area contributed by atoms with Gasteiger partial charge in [0.05, 0.1) is 5.92 Å². The van der Waals surface area contributed by atoms with Crippen molar-refractivity contribution in [2.24, 2.45) is 17.8 Å². The molecular weight excluding hydrogens is 164 g/mol. The molecule has 0 spiro atoms. The minimum Gasteiger partial charge on any atom is -0.481 e. The normalized spacial score (nSPS) is 31.7. The lowest BCUT2D eigenvalue weighted by Gasteiger charge is -1.97. The molecular formula is C11H20O2. The van der Waals surface area contributed by atoms with Gasteiger partial charge in [-0.25, -0.2) is 0 Å². The van der Waals surface area contributed by atoms with Gasteiger partial charge in [0.25, 0.3) is 0 Å². The fourth-order valence-electron chi connectivity index (χ4n) is 2.20. The van der Waals surface area contributed by atoms with Crippen molar-refractivity contribution in [2.45, 2.75) is 46.0 Å². The Labute approximate surface area is 80.3 Å². The van der Waals surface area contributed by atoms with Gasteiger partial charge in [-0.3, -0.25) is 4.79 Å². The van der Waals surface area contributed by atoms with Gasteiger partial charge in [-0.2, -0.15) is 0 Å². The van der Waals surface area contributed by atoms with Crippen LogP contribution in [0.1, 0.15) is 46.0 Å². The van der Waals surface area contributed by atoms with Crippen molar-refractivity contribution in [3.05, 3.63) is 0 Å². The molecule has 0 bridgehead atoms. The number of rotatable bonds is 6. The van der Waals surface area contributed by atoms with Crippen LogP contribution in [0.15, 0.2) is 0 Å². The quantitative estimate of drug-likeness (QED) is 0.644. The molecule has 1 saturated carbocycles. The zero-order chi connectivity index (χ0) is 9.84. The number of hydrogen-bond acceptors (Lipinski definition) is 1. The minimum atomic E-state index is -0.590. The molecule has 0 aliphatic heterocycles. The van der Waals surface area contributed by atoms with E-state index in [9.17, 15) is 4.79 Å². The molecule has 13 heavy (non-hydrogen) atoms. The minimum absolute atomic E-state index is 0.0263. The van der Waals surface area contributed by atoms with E-state index < -0.39 is 5.97 Å². The van der Waals surface area contributed by atoms with Crippen LogP contribution in [-0.4, -0.2) is 11.1 Å². The summed E-state index contributed by atoms with van der Waals surface area (Å²) >= 11 is 0. The Bertz CT molecular complexity index is 177. The number of aliphatic carboxylic acids is 1. The van der Waals surface area contributed by atoms with E-state index in [1.165, 1.54) is 25.7 Å². The van der Waals surface area contributed by atoms with Gasteiger partial charge in [-0.15, -0.1) is 0 Å². The Kier molecular flexibility index (Phi) is 3.76. The molecule has 1 aliphatic carbocycles. The van der Waals surface area contributed by atoms with Crippen molar-refractivity contribution in [1.29, 1.82) is 0 Å². The molecule has 1 rings (SSSR count). The lowest BCUT2D eigenvalue weighted by atomic mass is 10.1. The number of carbonyl (C=O) groups is 1. The molecule has 76 valence electrons. The van der Waals surface area contributed by atoms with Crippen molar-refractivity contribution in [3.8, 4) is 0 Å². The molecule has 0 aromatic carbocycles. The predicted octanol–water partition coefficient (Wildman–Crippen LogP) is 2.92. The highest BCUT2D eigenvalue weighted by Gasteiger charge is 2.50. The van der Waals surface area contributed by atoms with E-state index in [-0.39, 0.29) is 5.92 Å². The highest BCUT2D eigenvalue weighted by molar-refractivity contribution is 5.74. The van der Waals surface area contributed by atoms with E-state index in [0.29, 0.717) is 11.8 Å². The number of hydrogen-bond donors (Lipinski definition) is 1. The van der Waals surface area contributed by atoms with Crippen molar-refractivity contribution in [1.82, 2.24) is 0 Å². The smallest absolute Gasteiger partial charge is 0.307 e. The largest absolute Gasteiger partial charge is 0.481 e. The average Bonchev–Trinajstić information content (AvgIpc) is 2.71. The molecule has 1 fully saturated rings. The first-order chi connectivity index (χ1) is 6.18. The van der Waals surface area contributed by atoms with E-state index in [1.54, 1.807) is 0 Å². The van der Waals surface area contributed by atoms with Gasteiger partial charge >= 0.3 is 5.97 Å². The van der Waals surface area contributed by atoms with E-state index in [1.807, 2.05) is 0 Å². The maximum absolute atomic E-state index is 10.7. The number of carboxylic acids is 1. The zero-order valence-electron chi connectivity index (χ0n) is 8.62. The lowest BCUT2D eigenvalue weighted by Crippen LogP contribution is -2.00. The van der Waals surface area contributed by atoms with Gasteiger partial charge in [0.2, 0.25) is 0 Å². The standard InChI is InChI=1S/C11H20O2/c1-3-4-5-6-7-9-8(2)10(9)11(12)13/h8-10H,3-7H2,1-2H3,(H,12,13)/t8-,9?,10-/m1/s1. The van der Waals surface area contributed by atoms with E-state index >= 15 is 0 Å². The van der Waals surface area contributed by atoms with Crippen molar-refractivity contribution in [2.75, 3.05) is 0 Å². The second-order valence-electron chi connectivity index (χ2n) is 4.24. The summed E-state index contributed by atoms with van der Waals surface area (Å²) in [6.45, 7) is 4.25. The second-order valence-corrected chi connectivity index (χ2v) is 4.24. The van der Waals surface area contributed by atoms with Crippen LogP contribution in [0.4, 0.5) is 0 Å². The Hall–Kier alpha value is -0.530. The van der Waals surface area contributed by atoms with Gasteiger partial charge in [-0.1, -0.05) is 39.5 Å². The van der Waals surface area contributed by atoms with Crippen LogP contribution in [-0.2, 0) is 4.79 Å². The van der Waals surface area contributed by atoms with Gasteiger partial charge < -0.3 is 5.11 Å². The first-order valence-electron chi connectivity index (χ1n) is 5.41. The van der Waals surface area contributed by atoms with Gasteiger partial charge in [-0.05, 0) is 18.3 Å². The number of unbranched alkanes of at least 4 members (excludes halogenated alkanes) is 3. The summed E-state index contributed by atoms with van der Waals surface area (Å²) in [6.07, 6.45) is 6.15. The van der Waals surface area contributed by atoms with Crippen LogP contribution < -0.4 is 0 Å². The molecule has 0 saturated heterocycles. The molecule has 0 heterocycles. The SMILES string of the molecule is CCCCCCC1[C@@H](C)[C@H]1C(=O)O. The van der Waals surface area contributed by atoms with E-state index in [0.717, 1.165) is 6.42 Å². The Balaban J connectivity index is 2.08. The lowest BCUT2D eigenvalue weighted by molar-refractivity contribution is -0.139. The van der Waals surface area contributed by atoms with Gasteiger partial charge in [0.15, 0.2) is 0 Å². The summed E-state index contributed by atoms with van der Waals surface area (Å²) in [4.78, 5) is 10.7. The van der Waals surface area contributed by atoms with Crippen LogP contribution in [0.2, 0.25) is 0 Å². The third-order valence-corrected chi connectivity index (χ3v) is 3.24. The monoisotopic (exact) mass is 184 g/mol. The van der Waals surface area contributed by atoms with E-state index in [4.69, 9.17) is 5.11 Å². The maximum Gasteiger partial charge on any atom is 0.307 e. The molecule has 1 unspecified atom stereocenters. The average molecular weight is 184 g/mol. The fraction of sp³-hybridized carbons (Fsp3) is 0.909. The Morgan fingerprint density at radius 3 is 2.46 bits per heavy atom. The molecule has 2 nitrogen and oxygen atoms in total. The molecule has 1 N–H and O–H groups in total. The summed E-state index contributed by atoms with van der Waals surface area (Å²) in [6, 6.07) is 0. The van der Waals surface area contributed by atoms with Crippen LogP contribution in [0.5, 0.6) is 0 Å². The number of carboxylic acid groups (broad SMARTS) is 1. The summed E-state index contributed by atoms with van der Waals surface area (Å²) in [7, 11) is 0. The van der Waals surface area contributed by atoms with Crippen molar-refractivity contribution < 1.29 is 9.90 Å². The molecule has 0 aromatic rings. The second kappa shape index (κ2) is 4.64. The maximum atomic E-state index is 10.7. The molecule has 3 atom stereocenters. The van der Waals surface area contributed by atoms with Crippen LogP contribution in [0.25, 0.3) is 0 Å². The summed E-state index contributed by atoms with van der Waals surface area (Å²) < 4.78 is 0. The third kappa shape index (κ3) is 2.71. The molecule has 1 aliphatic rings. The van der Waals surface area contributed by atoms with Crippen LogP contribution >= 0.6 is 0 Å². The van der Waals surface area contributed by atoms with Gasteiger partial charge in [0, 0.05) is 0 Å². The fourth-order valence-corrected chi connectivity index (χ4v) is 2.20. The Morgan fingerprint density at radius 1 is 1.31 bits per heavy atom. The van der Waals surface area contributed by atoms with Crippen LogP contribution in [0, 0.1) is 17.8 Å².